The van der Waals surface area contributed by atoms with Crippen molar-refractivity contribution in [1.82, 2.24) is 0 Å². The highest BCUT2D eigenvalue weighted by Gasteiger charge is 2.59. The van der Waals surface area contributed by atoms with E-state index in [1.807, 2.05) is 0 Å². The van der Waals surface area contributed by atoms with Crippen molar-refractivity contribution in [3.63, 3.8) is 0 Å². The summed E-state index contributed by atoms with van der Waals surface area (Å²) in [5, 5.41) is -0.0100. The zero-order valence-corrected chi connectivity index (χ0v) is 10.5. The number of alkyl halides is 6. The molecule has 0 heterocycles. The SMILES string of the molecule is NC(Cc1cc(Cl)ccc1F)C(C(F)(F)F)C(F)(F)F. The van der Waals surface area contributed by atoms with Gasteiger partial charge in [-0.2, -0.15) is 26.3 Å². The van der Waals surface area contributed by atoms with E-state index in [9.17, 15) is 30.7 Å². The van der Waals surface area contributed by atoms with Crippen molar-refractivity contribution >= 4 is 11.6 Å². The van der Waals surface area contributed by atoms with Crippen LogP contribution in [-0.2, 0) is 6.42 Å². The molecule has 1 aromatic rings. The summed E-state index contributed by atoms with van der Waals surface area (Å²) in [6, 6.07) is 0.556. The van der Waals surface area contributed by atoms with Crippen LogP contribution in [0.3, 0.4) is 0 Å². The van der Waals surface area contributed by atoms with E-state index >= 15 is 0 Å². The average Bonchev–Trinajstić information content (AvgIpc) is 2.18. The molecule has 0 aromatic heterocycles. The van der Waals surface area contributed by atoms with Crippen LogP contribution in [0.2, 0.25) is 5.02 Å². The van der Waals surface area contributed by atoms with Gasteiger partial charge in [-0.25, -0.2) is 4.39 Å². The first-order valence-corrected chi connectivity index (χ1v) is 5.63. The topological polar surface area (TPSA) is 26.0 Å². The second kappa shape index (κ2) is 5.77. The van der Waals surface area contributed by atoms with Gasteiger partial charge in [0.1, 0.15) is 5.82 Å². The van der Waals surface area contributed by atoms with Gasteiger partial charge in [0.15, 0.2) is 5.92 Å². The molecule has 0 bridgehead atoms. The van der Waals surface area contributed by atoms with E-state index in [2.05, 4.69) is 0 Å². The van der Waals surface area contributed by atoms with E-state index in [1.165, 1.54) is 0 Å². The van der Waals surface area contributed by atoms with Crippen molar-refractivity contribution in [2.45, 2.75) is 24.8 Å². The van der Waals surface area contributed by atoms with E-state index < -0.39 is 42.1 Å². The second-order valence-electron chi connectivity index (χ2n) is 4.16. The zero-order valence-electron chi connectivity index (χ0n) is 9.69. The smallest absolute Gasteiger partial charge is 0.327 e. The normalized spacial score (nSPS) is 14.7. The quantitative estimate of drug-likeness (QED) is 0.833. The monoisotopic (exact) mass is 323 g/mol. The van der Waals surface area contributed by atoms with Gasteiger partial charge in [-0.3, -0.25) is 0 Å². The Hall–Kier alpha value is -1.02. The van der Waals surface area contributed by atoms with Gasteiger partial charge in [0.25, 0.3) is 0 Å². The molecule has 0 aliphatic carbocycles. The Bertz CT molecular complexity index is 455. The minimum Gasteiger partial charge on any atom is -0.327 e. The van der Waals surface area contributed by atoms with Crippen LogP contribution in [0.15, 0.2) is 18.2 Å². The van der Waals surface area contributed by atoms with Gasteiger partial charge >= 0.3 is 12.4 Å². The number of hydrogen-bond acceptors (Lipinski definition) is 1. The summed E-state index contributed by atoms with van der Waals surface area (Å²) in [5.74, 6) is -4.69. The maximum Gasteiger partial charge on any atom is 0.402 e. The molecule has 0 spiro atoms. The molecular formula is C11H9ClF7N. The summed E-state index contributed by atoms with van der Waals surface area (Å²) in [5.41, 5.74) is 4.59. The molecule has 1 nitrogen and oxygen atoms in total. The molecule has 1 aromatic carbocycles. The third-order valence-corrected chi connectivity index (χ3v) is 2.83. The fourth-order valence-electron chi connectivity index (χ4n) is 1.74. The molecule has 0 radical (unpaired) electrons. The molecule has 0 amide bonds. The van der Waals surface area contributed by atoms with Crippen LogP contribution in [0.5, 0.6) is 0 Å². The van der Waals surface area contributed by atoms with Gasteiger partial charge in [0.2, 0.25) is 0 Å². The minimum absolute atomic E-state index is 0.0100. The van der Waals surface area contributed by atoms with Crippen molar-refractivity contribution in [1.29, 1.82) is 0 Å². The van der Waals surface area contributed by atoms with Gasteiger partial charge < -0.3 is 5.73 Å². The van der Waals surface area contributed by atoms with Crippen LogP contribution in [0.1, 0.15) is 5.56 Å². The van der Waals surface area contributed by atoms with Crippen LogP contribution in [0.25, 0.3) is 0 Å². The lowest BCUT2D eigenvalue weighted by Gasteiger charge is -2.28. The molecule has 20 heavy (non-hydrogen) atoms. The van der Waals surface area contributed by atoms with E-state index in [1.54, 1.807) is 0 Å². The summed E-state index contributed by atoms with van der Waals surface area (Å²) < 4.78 is 87.9. The van der Waals surface area contributed by atoms with Crippen molar-refractivity contribution in [2.75, 3.05) is 0 Å². The number of benzene rings is 1. The Morgan fingerprint density at radius 1 is 1.05 bits per heavy atom. The molecular weight excluding hydrogens is 315 g/mol. The van der Waals surface area contributed by atoms with E-state index in [0.29, 0.717) is 0 Å². The third kappa shape index (κ3) is 4.24. The molecule has 9 heteroatoms. The Labute approximate surface area is 114 Å². The Morgan fingerprint density at radius 3 is 2.00 bits per heavy atom. The maximum absolute atomic E-state index is 13.3. The van der Waals surface area contributed by atoms with Crippen molar-refractivity contribution in [2.24, 2.45) is 11.7 Å². The molecule has 0 aliphatic heterocycles. The van der Waals surface area contributed by atoms with Gasteiger partial charge in [0.05, 0.1) is 0 Å². The lowest BCUT2D eigenvalue weighted by atomic mass is 9.93. The van der Waals surface area contributed by atoms with Crippen LogP contribution in [0, 0.1) is 11.7 Å². The largest absolute Gasteiger partial charge is 0.402 e. The molecule has 1 unspecified atom stereocenters. The molecule has 0 saturated carbocycles. The predicted molar refractivity (Wildman–Crippen MR) is 58.7 cm³/mol. The molecule has 0 saturated heterocycles. The number of rotatable bonds is 3. The van der Waals surface area contributed by atoms with E-state index in [0.717, 1.165) is 18.2 Å². The van der Waals surface area contributed by atoms with Gasteiger partial charge in [-0.1, -0.05) is 11.6 Å². The number of hydrogen-bond donors (Lipinski definition) is 1. The summed E-state index contributed by atoms with van der Waals surface area (Å²) in [6.45, 7) is 0. The van der Waals surface area contributed by atoms with E-state index in [4.69, 9.17) is 17.3 Å². The van der Waals surface area contributed by atoms with Crippen LogP contribution in [-0.4, -0.2) is 18.4 Å². The molecule has 0 aliphatic rings. The number of halogens is 8. The van der Waals surface area contributed by atoms with Crippen LogP contribution in [0.4, 0.5) is 30.7 Å². The highest BCUT2D eigenvalue weighted by atomic mass is 35.5. The Balaban J connectivity index is 3.03. The Morgan fingerprint density at radius 2 is 1.55 bits per heavy atom. The van der Waals surface area contributed by atoms with Crippen LogP contribution < -0.4 is 5.73 Å². The van der Waals surface area contributed by atoms with Gasteiger partial charge in [-0.15, -0.1) is 0 Å². The summed E-state index contributed by atoms with van der Waals surface area (Å²) in [7, 11) is 0. The Kier molecular flexibility index (Phi) is 4.91. The highest BCUT2D eigenvalue weighted by molar-refractivity contribution is 6.30. The average molecular weight is 324 g/mol. The molecule has 2 N–H and O–H groups in total. The van der Waals surface area contributed by atoms with Crippen molar-refractivity contribution in [3.8, 4) is 0 Å². The third-order valence-electron chi connectivity index (χ3n) is 2.60. The summed E-state index contributed by atoms with van der Waals surface area (Å²) >= 11 is 5.51. The lowest BCUT2D eigenvalue weighted by Crippen LogP contribution is -2.49. The first-order chi connectivity index (χ1) is 8.93. The minimum atomic E-state index is -5.56. The first-order valence-electron chi connectivity index (χ1n) is 5.26. The predicted octanol–water partition coefficient (Wildman–Crippen LogP) is 4.09. The molecule has 114 valence electrons. The van der Waals surface area contributed by atoms with Crippen molar-refractivity contribution < 1.29 is 30.7 Å². The summed E-state index contributed by atoms with van der Waals surface area (Å²) in [4.78, 5) is 0. The van der Waals surface area contributed by atoms with Crippen molar-refractivity contribution in [3.05, 3.63) is 34.6 Å². The number of nitrogens with two attached hydrogens (primary N) is 1. The zero-order chi connectivity index (χ0) is 15.7. The molecule has 0 fully saturated rings. The fourth-order valence-corrected chi connectivity index (χ4v) is 1.94. The second-order valence-corrected chi connectivity index (χ2v) is 4.60. The van der Waals surface area contributed by atoms with Gasteiger partial charge in [0, 0.05) is 11.1 Å². The summed E-state index contributed by atoms with van der Waals surface area (Å²) in [6.07, 6.45) is -12.1. The van der Waals surface area contributed by atoms with E-state index in [-0.39, 0.29) is 5.02 Å². The fraction of sp³-hybridized carbons (Fsp3) is 0.455. The maximum atomic E-state index is 13.3. The van der Waals surface area contributed by atoms with Gasteiger partial charge in [-0.05, 0) is 30.2 Å². The standard InChI is InChI=1S/C11H9ClF7N/c12-6-1-2-7(13)5(3-6)4-8(20)9(10(14,15)16)11(17,18)19/h1-3,8-9H,4,20H2. The highest BCUT2D eigenvalue weighted by Crippen LogP contribution is 2.41. The van der Waals surface area contributed by atoms with Crippen LogP contribution >= 0.6 is 11.6 Å². The first kappa shape index (κ1) is 17.0. The molecule has 1 rings (SSSR count). The molecule has 1 atom stereocenters. The lowest BCUT2D eigenvalue weighted by molar-refractivity contribution is -0.289.